The first-order chi connectivity index (χ1) is 17.8. The van der Waals surface area contributed by atoms with Gasteiger partial charge in [-0.1, -0.05) is 29.8 Å². The maximum absolute atomic E-state index is 12.8. The number of rotatable bonds is 10. The van der Waals surface area contributed by atoms with Crippen LogP contribution in [0.3, 0.4) is 0 Å². The maximum atomic E-state index is 12.8. The summed E-state index contributed by atoms with van der Waals surface area (Å²) in [4.78, 5) is 42.5. The monoisotopic (exact) mass is 537 g/mol. The Morgan fingerprint density at radius 1 is 1.03 bits per heavy atom. The van der Waals surface area contributed by atoms with Crippen LogP contribution in [-0.4, -0.2) is 41.8 Å². The molecule has 2 heterocycles. The number of esters is 2. The number of thiophene rings is 1. The molecule has 0 spiro atoms. The minimum atomic E-state index is -0.618. The van der Waals surface area contributed by atoms with Gasteiger partial charge in [-0.2, -0.15) is 5.26 Å². The molecule has 0 fully saturated rings. The Labute approximate surface area is 224 Å². The molecule has 0 atom stereocenters. The summed E-state index contributed by atoms with van der Waals surface area (Å²) in [6.07, 6.45) is 0.0972. The van der Waals surface area contributed by atoms with Crippen LogP contribution in [0.25, 0.3) is 11.3 Å². The molecule has 0 bridgehead atoms. The minimum Gasteiger partial charge on any atom is -0.462 e. The highest BCUT2D eigenvalue weighted by Crippen LogP contribution is 2.34. The lowest BCUT2D eigenvalue weighted by Gasteiger charge is -2.08. The Hall–Kier alpha value is -3.68. The zero-order valence-corrected chi connectivity index (χ0v) is 22.7. The van der Waals surface area contributed by atoms with Gasteiger partial charge in [0.2, 0.25) is 5.91 Å². The first kappa shape index (κ1) is 27.9. The van der Waals surface area contributed by atoms with Crippen molar-refractivity contribution in [2.75, 3.05) is 24.3 Å². The van der Waals surface area contributed by atoms with E-state index in [-0.39, 0.29) is 41.0 Å². The van der Waals surface area contributed by atoms with E-state index in [9.17, 15) is 19.6 Å². The molecule has 0 radical (unpaired) electrons. The maximum Gasteiger partial charge on any atom is 0.348 e. The van der Waals surface area contributed by atoms with E-state index in [1.807, 2.05) is 31.2 Å². The van der Waals surface area contributed by atoms with Crippen molar-refractivity contribution >= 4 is 45.9 Å². The molecule has 0 aliphatic carbocycles. The summed E-state index contributed by atoms with van der Waals surface area (Å²) in [5.74, 6) is -1.17. The van der Waals surface area contributed by atoms with Gasteiger partial charge >= 0.3 is 11.9 Å². The van der Waals surface area contributed by atoms with Gasteiger partial charge in [0.15, 0.2) is 0 Å². The second kappa shape index (κ2) is 13.0. The molecule has 0 aliphatic heterocycles. The number of nitrogens with zero attached hydrogens (tertiary/aromatic N) is 2. The molecule has 10 heteroatoms. The van der Waals surface area contributed by atoms with Gasteiger partial charge in [0.25, 0.3) is 0 Å². The fourth-order valence-corrected chi connectivity index (χ4v) is 5.41. The second-order valence-corrected chi connectivity index (χ2v) is 9.98. The quantitative estimate of drug-likeness (QED) is 0.256. The van der Waals surface area contributed by atoms with Crippen LogP contribution in [0.4, 0.5) is 5.00 Å². The topological polar surface area (TPSA) is 118 Å². The van der Waals surface area contributed by atoms with Crippen LogP contribution in [0.1, 0.15) is 57.0 Å². The third-order valence-corrected chi connectivity index (χ3v) is 7.42. The molecule has 0 saturated carbocycles. The Balaban J connectivity index is 1.73. The van der Waals surface area contributed by atoms with Crippen molar-refractivity contribution in [2.45, 2.75) is 39.1 Å². The Kier molecular flexibility index (Phi) is 9.83. The van der Waals surface area contributed by atoms with Gasteiger partial charge in [-0.3, -0.25) is 4.79 Å². The highest BCUT2D eigenvalue weighted by Gasteiger charge is 2.27. The molecular weight excluding hydrogens is 510 g/mol. The molecule has 37 heavy (non-hydrogen) atoms. The van der Waals surface area contributed by atoms with E-state index in [1.165, 1.54) is 11.8 Å². The zero-order chi connectivity index (χ0) is 26.9. The zero-order valence-electron chi connectivity index (χ0n) is 21.0. The number of anilines is 1. The Morgan fingerprint density at radius 2 is 1.70 bits per heavy atom. The molecule has 192 valence electrons. The highest BCUT2D eigenvalue weighted by molar-refractivity contribution is 7.99. The van der Waals surface area contributed by atoms with Crippen LogP contribution >= 0.6 is 23.1 Å². The summed E-state index contributed by atoms with van der Waals surface area (Å²) in [5.41, 5.74) is 3.80. The average Bonchev–Trinajstić information content (AvgIpc) is 3.20. The van der Waals surface area contributed by atoms with Gasteiger partial charge < -0.3 is 14.8 Å². The predicted octanol–water partition coefficient (Wildman–Crippen LogP) is 5.77. The van der Waals surface area contributed by atoms with Crippen LogP contribution in [0, 0.1) is 25.2 Å². The summed E-state index contributed by atoms with van der Waals surface area (Å²) < 4.78 is 10.2. The van der Waals surface area contributed by atoms with E-state index in [1.54, 1.807) is 32.9 Å². The molecule has 3 rings (SSSR count). The Bertz CT molecular complexity index is 1340. The normalized spacial score (nSPS) is 10.5. The van der Waals surface area contributed by atoms with Crippen LogP contribution in [0.2, 0.25) is 0 Å². The van der Waals surface area contributed by atoms with Crippen molar-refractivity contribution < 1.29 is 23.9 Å². The molecule has 1 aromatic carbocycles. The first-order valence-electron chi connectivity index (χ1n) is 11.7. The van der Waals surface area contributed by atoms with Gasteiger partial charge in [-0.25, -0.2) is 14.6 Å². The summed E-state index contributed by atoms with van der Waals surface area (Å²) in [5, 5.41) is 13.0. The molecule has 0 saturated heterocycles. The minimum absolute atomic E-state index is 0.0972. The first-order valence-corrected chi connectivity index (χ1v) is 13.5. The summed E-state index contributed by atoms with van der Waals surface area (Å²) >= 11 is 2.29. The fourth-order valence-electron chi connectivity index (χ4n) is 3.39. The summed E-state index contributed by atoms with van der Waals surface area (Å²) in [6.45, 7) is 7.34. The molecule has 1 amide bonds. The average molecular weight is 538 g/mol. The highest BCUT2D eigenvalue weighted by atomic mass is 32.2. The van der Waals surface area contributed by atoms with Gasteiger partial charge in [-0.05, 0) is 45.4 Å². The standard InChI is InChI=1S/C27H27N3O5S2/c1-5-34-26(32)22-17(4)23(27(33)35-6-2)37-25(22)30-21(31)13-14-36-24-19(15-28)11-12-20(29-24)18-9-7-16(3)8-10-18/h7-12H,5-6,13-14H2,1-4H3,(H,30,31). The second-order valence-electron chi connectivity index (χ2n) is 7.87. The molecular formula is C27H27N3O5S2. The number of nitriles is 1. The third-order valence-electron chi connectivity index (χ3n) is 5.24. The largest absolute Gasteiger partial charge is 0.462 e. The number of aromatic nitrogens is 1. The number of aryl methyl sites for hydroxylation is 1. The smallest absolute Gasteiger partial charge is 0.348 e. The molecule has 1 N–H and O–H groups in total. The number of benzene rings is 1. The van der Waals surface area contributed by atoms with Crippen molar-refractivity contribution in [3.8, 4) is 17.3 Å². The van der Waals surface area contributed by atoms with Gasteiger partial charge in [0.05, 0.1) is 30.0 Å². The van der Waals surface area contributed by atoms with E-state index >= 15 is 0 Å². The molecule has 3 aromatic rings. The molecule has 2 aromatic heterocycles. The Morgan fingerprint density at radius 3 is 2.35 bits per heavy atom. The predicted molar refractivity (Wildman–Crippen MR) is 144 cm³/mol. The van der Waals surface area contributed by atoms with Crippen molar-refractivity contribution in [1.82, 2.24) is 4.98 Å². The number of ether oxygens (including phenoxy) is 2. The van der Waals surface area contributed by atoms with Crippen LogP contribution < -0.4 is 5.32 Å². The summed E-state index contributed by atoms with van der Waals surface area (Å²) in [6, 6.07) is 13.6. The summed E-state index contributed by atoms with van der Waals surface area (Å²) in [7, 11) is 0. The van der Waals surface area contributed by atoms with Crippen molar-refractivity contribution in [1.29, 1.82) is 5.26 Å². The number of amides is 1. The number of carbonyl (C=O) groups is 3. The lowest BCUT2D eigenvalue weighted by Crippen LogP contribution is -2.15. The number of hydrogen-bond donors (Lipinski definition) is 1. The van der Waals surface area contributed by atoms with E-state index in [0.717, 1.165) is 28.2 Å². The SMILES string of the molecule is CCOC(=O)c1sc(NC(=O)CCSc2nc(-c3ccc(C)cc3)ccc2C#N)c(C(=O)OCC)c1C. The van der Waals surface area contributed by atoms with Crippen molar-refractivity contribution in [3.63, 3.8) is 0 Å². The van der Waals surface area contributed by atoms with E-state index in [0.29, 0.717) is 21.9 Å². The number of carbonyl (C=O) groups excluding carboxylic acids is 3. The van der Waals surface area contributed by atoms with Gasteiger partial charge in [0, 0.05) is 17.7 Å². The van der Waals surface area contributed by atoms with E-state index in [4.69, 9.17) is 9.47 Å². The van der Waals surface area contributed by atoms with Gasteiger partial charge in [0.1, 0.15) is 21.0 Å². The van der Waals surface area contributed by atoms with Crippen LogP contribution in [-0.2, 0) is 14.3 Å². The van der Waals surface area contributed by atoms with Crippen LogP contribution in [0.15, 0.2) is 41.4 Å². The number of nitrogens with one attached hydrogen (secondary N) is 1. The van der Waals surface area contributed by atoms with E-state index < -0.39 is 11.9 Å². The third kappa shape index (κ3) is 6.96. The lowest BCUT2D eigenvalue weighted by molar-refractivity contribution is -0.115. The van der Waals surface area contributed by atoms with E-state index in [2.05, 4.69) is 16.4 Å². The number of hydrogen-bond acceptors (Lipinski definition) is 9. The molecule has 0 unspecified atom stereocenters. The number of pyridine rings is 1. The fraction of sp³-hybridized carbons (Fsp3) is 0.296. The van der Waals surface area contributed by atoms with Crippen molar-refractivity contribution in [2.24, 2.45) is 0 Å². The lowest BCUT2D eigenvalue weighted by atomic mass is 10.1. The number of thioether (sulfide) groups is 1. The molecule has 8 nitrogen and oxygen atoms in total. The van der Waals surface area contributed by atoms with Gasteiger partial charge in [-0.15, -0.1) is 23.1 Å². The van der Waals surface area contributed by atoms with Crippen LogP contribution in [0.5, 0.6) is 0 Å². The molecule has 0 aliphatic rings. The van der Waals surface area contributed by atoms with Crippen molar-refractivity contribution in [3.05, 3.63) is 63.5 Å².